The molecule has 0 aliphatic rings. The van der Waals surface area contributed by atoms with Crippen LogP contribution in [0.5, 0.6) is 0 Å². The van der Waals surface area contributed by atoms with Crippen LogP contribution in [0.3, 0.4) is 0 Å². The number of alkyl halides is 1. The van der Waals surface area contributed by atoms with Crippen LogP contribution >= 0.6 is 23.2 Å². The smallest absolute Gasteiger partial charge is 0.224 e. The summed E-state index contributed by atoms with van der Waals surface area (Å²) in [4.78, 5) is 10.5. The van der Waals surface area contributed by atoms with Crippen LogP contribution < -0.4 is 0 Å². The van der Waals surface area contributed by atoms with Gasteiger partial charge in [-0.05, 0) is 17.5 Å². The maximum Gasteiger partial charge on any atom is 0.224 e. The third-order valence-electron chi connectivity index (χ3n) is 1.45. The van der Waals surface area contributed by atoms with Gasteiger partial charge in [0.05, 0.1) is 0 Å². The number of halogens is 2. The molecule has 0 saturated heterocycles. The summed E-state index contributed by atoms with van der Waals surface area (Å²) in [7, 11) is 0. The summed E-state index contributed by atoms with van der Waals surface area (Å²) in [6, 6.07) is 0. The van der Waals surface area contributed by atoms with Crippen LogP contribution in [-0.2, 0) is 4.79 Å². The molecular weight excluding hydrogens is 159 g/mol. The lowest BCUT2D eigenvalue weighted by Gasteiger charge is -2.11. The van der Waals surface area contributed by atoms with Crippen molar-refractivity contribution in [3.63, 3.8) is 0 Å². The van der Waals surface area contributed by atoms with Crippen LogP contribution in [0, 0.1) is 11.8 Å². The Balaban J connectivity index is 3.72. The van der Waals surface area contributed by atoms with E-state index in [-0.39, 0.29) is 17.1 Å². The van der Waals surface area contributed by atoms with Gasteiger partial charge < -0.3 is 0 Å². The molecule has 0 aromatic carbocycles. The summed E-state index contributed by atoms with van der Waals surface area (Å²) in [5, 5.41) is -0.303. The highest BCUT2D eigenvalue weighted by Crippen LogP contribution is 2.14. The molecule has 0 amide bonds. The van der Waals surface area contributed by atoms with E-state index in [0.717, 1.165) is 0 Å². The van der Waals surface area contributed by atoms with Crippen molar-refractivity contribution in [1.82, 2.24) is 0 Å². The quantitative estimate of drug-likeness (QED) is 0.467. The molecule has 0 radical (unpaired) electrons. The second-order valence-corrected chi connectivity index (χ2v) is 2.91. The van der Waals surface area contributed by atoms with Gasteiger partial charge in [-0.1, -0.05) is 13.8 Å². The predicted octanol–water partition coefficient (Wildman–Crippen LogP) is 2.26. The van der Waals surface area contributed by atoms with Gasteiger partial charge >= 0.3 is 0 Å². The van der Waals surface area contributed by atoms with Gasteiger partial charge in [0.25, 0.3) is 0 Å². The molecule has 9 heavy (non-hydrogen) atoms. The number of carbonyl (C=O) groups excluding carboxylic acids is 1. The molecule has 0 aromatic rings. The highest BCUT2D eigenvalue weighted by Gasteiger charge is 2.16. The Morgan fingerprint density at radius 1 is 1.56 bits per heavy atom. The van der Waals surface area contributed by atoms with Crippen molar-refractivity contribution in [2.75, 3.05) is 5.88 Å². The third-order valence-corrected chi connectivity index (χ3v) is 2.29. The van der Waals surface area contributed by atoms with Gasteiger partial charge in [-0.3, -0.25) is 4.79 Å². The normalized spacial score (nSPS) is 16.9. The van der Waals surface area contributed by atoms with Crippen LogP contribution in [0.2, 0.25) is 0 Å². The molecule has 0 rings (SSSR count). The van der Waals surface area contributed by atoms with Crippen LogP contribution in [0.15, 0.2) is 0 Å². The first-order chi connectivity index (χ1) is 4.09. The maximum atomic E-state index is 10.5. The first kappa shape index (κ1) is 9.25. The molecule has 0 aromatic heterocycles. The minimum atomic E-state index is -0.303. The highest BCUT2D eigenvalue weighted by atomic mass is 35.5. The van der Waals surface area contributed by atoms with Crippen molar-refractivity contribution in [2.45, 2.75) is 13.8 Å². The fourth-order valence-corrected chi connectivity index (χ4v) is 0.840. The van der Waals surface area contributed by atoms with Gasteiger partial charge in [0.1, 0.15) is 0 Å². The zero-order valence-electron chi connectivity index (χ0n) is 5.53. The molecule has 0 spiro atoms. The minimum absolute atomic E-state index is 0.121. The van der Waals surface area contributed by atoms with E-state index in [1.807, 2.05) is 6.92 Å². The third kappa shape index (κ3) is 3.07. The topological polar surface area (TPSA) is 17.1 Å². The standard InChI is InChI=1S/C6H10Cl2O/c1-4(3-7)5(2)6(8)9/h4-5H,3H2,1-2H3. The second-order valence-electron chi connectivity index (χ2n) is 2.22. The van der Waals surface area contributed by atoms with Crippen molar-refractivity contribution in [1.29, 1.82) is 0 Å². The molecule has 1 nitrogen and oxygen atoms in total. The van der Waals surface area contributed by atoms with Gasteiger partial charge in [-0.15, -0.1) is 11.6 Å². The molecule has 0 heterocycles. The first-order valence-electron chi connectivity index (χ1n) is 2.85. The van der Waals surface area contributed by atoms with Crippen LogP contribution in [0.4, 0.5) is 0 Å². The number of hydrogen-bond acceptors (Lipinski definition) is 1. The van der Waals surface area contributed by atoms with E-state index in [9.17, 15) is 4.79 Å². The SMILES string of the molecule is CC(CCl)C(C)C(=O)Cl. The molecule has 0 aliphatic carbocycles. The Labute approximate surface area is 65.3 Å². The molecule has 2 unspecified atom stereocenters. The Morgan fingerprint density at radius 2 is 2.00 bits per heavy atom. The molecular formula is C6H10Cl2O. The minimum Gasteiger partial charge on any atom is -0.281 e. The van der Waals surface area contributed by atoms with E-state index in [0.29, 0.717) is 5.88 Å². The van der Waals surface area contributed by atoms with Crippen LogP contribution in [0.1, 0.15) is 13.8 Å². The highest BCUT2D eigenvalue weighted by molar-refractivity contribution is 6.64. The summed E-state index contributed by atoms with van der Waals surface area (Å²) in [5.74, 6) is 0.542. The van der Waals surface area contributed by atoms with E-state index in [1.54, 1.807) is 6.92 Å². The summed E-state index contributed by atoms with van der Waals surface area (Å²) in [6.45, 7) is 3.68. The Morgan fingerprint density at radius 3 is 2.11 bits per heavy atom. The monoisotopic (exact) mass is 168 g/mol. The molecule has 0 aliphatic heterocycles. The fourth-order valence-electron chi connectivity index (χ4n) is 0.357. The van der Waals surface area contributed by atoms with Crippen molar-refractivity contribution in [3.05, 3.63) is 0 Å². The molecule has 2 atom stereocenters. The second kappa shape index (κ2) is 4.13. The zero-order valence-corrected chi connectivity index (χ0v) is 7.04. The predicted molar refractivity (Wildman–Crippen MR) is 39.9 cm³/mol. The van der Waals surface area contributed by atoms with Crippen LogP contribution in [0.25, 0.3) is 0 Å². The number of carbonyl (C=O) groups is 1. The fraction of sp³-hybridized carbons (Fsp3) is 0.833. The molecule has 3 heteroatoms. The molecule has 0 saturated carbocycles. The molecule has 54 valence electrons. The maximum absolute atomic E-state index is 10.5. The Bertz CT molecular complexity index is 103. The van der Waals surface area contributed by atoms with E-state index in [4.69, 9.17) is 23.2 Å². The lowest BCUT2D eigenvalue weighted by atomic mass is 10.00. The summed E-state index contributed by atoms with van der Waals surface area (Å²) >= 11 is 10.7. The van der Waals surface area contributed by atoms with E-state index < -0.39 is 0 Å². The summed E-state index contributed by atoms with van der Waals surface area (Å²) in [6.07, 6.45) is 0. The van der Waals surface area contributed by atoms with Crippen molar-refractivity contribution >= 4 is 28.4 Å². The van der Waals surface area contributed by atoms with Crippen molar-refractivity contribution < 1.29 is 4.79 Å². The van der Waals surface area contributed by atoms with Gasteiger partial charge in [0, 0.05) is 11.8 Å². The molecule has 0 N–H and O–H groups in total. The average molecular weight is 169 g/mol. The van der Waals surface area contributed by atoms with Crippen molar-refractivity contribution in [2.24, 2.45) is 11.8 Å². The zero-order chi connectivity index (χ0) is 7.44. The molecule has 0 fully saturated rings. The van der Waals surface area contributed by atoms with Gasteiger partial charge in [-0.2, -0.15) is 0 Å². The molecule has 0 bridgehead atoms. The van der Waals surface area contributed by atoms with Gasteiger partial charge in [0.2, 0.25) is 5.24 Å². The van der Waals surface area contributed by atoms with Gasteiger partial charge in [0.15, 0.2) is 0 Å². The summed E-state index contributed by atoms with van der Waals surface area (Å²) < 4.78 is 0. The number of hydrogen-bond donors (Lipinski definition) is 0. The summed E-state index contributed by atoms with van der Waals surface area (Å²) in [5.41, 5.74) is 0. The van der Waals surface area contributed by atoms with E-state index >= 15 is 0 Å². The first-order valence-corrected chi connectivity index (χ1v) is 3.76. The largest absolute Gasteiger partial charge is 0.281 e. The van der Waals surface area contributed by atoms with Gasteiger partial charge in [-0.25, -0.2) is 0 Å². The Hall–Kier alpha value is 0.250. The van der Waals surface area contributed by atoms with E-state index in [1.165, 1.54) is 0 Å². The van der Waals surface area contributed by atoms with E-state index in [2.05, 4.69) is 0 Å². The average Bonchev–Trinajstić information content (AvgIpc) is 1.84. The lowest BCUT2D eigenvalue weighted by Crippen LogP contribution is -2.15. The van der Waals surface area contributed by atoms with Crippen molar-refractivity contribution in [3.8, 4) is 0 Å². The Kier molecular flexibility index (Phi) is 4.24. The lowest BCUT2D eigenvalue weighted by molar-refractivity contribution is -0.115. The number of rotatable bonds is 3. The van der Waals surface area contributed by atoms with Crippen LogP contribution in [-0.4, -0.2) is 11.1 Å².